The summed E-state index contributed by atoms with van der Waals surface area (Å²) in [7, 11) is -3.86. The van der Waals surface area contributed by atoms with Gasteiger partial charge in [0, 0.05) is 24.2 Å². The highest BCUT2D eigenvalue weighted by Gasteiger charge is 2.20. The van der Waals surface area contributed by atoms with Crippen LogP contribution in [0.3, 0.4) is 0 Å². The zero-order chi connectivity index (χ0) is 22.3. The first-order valence-electron chi connectivity index (χ1n) is 9.97. The molecule has 0 radical (unpaired) electrons. The second-order valence-electron chi connectivity index (χ2n) is 6.52. The Labute approximate surface area is 181 Å². The van der Waals surface area contributed by atoms with Crippen LogP contribution >= 0.6 is 0 Å². The van der Waals surface area contributed by atoms with Crippen molar-refractivity contribution in [3.05, 3.63) is 71.0 Å². The first-order valence-corrected chi connectivity index (χ1v) is 11.5. The summed E-state index contributed by atoms with van der Waals surface area (Å²) in [5, 5.41) is 4.34. The number of ether oxygens (including phenoxy) is 2. The summed E-state index contributed by atoms with van der Waals surface area (Å²) >= 11 is 0. The Morgan fingerprint density at radius 2 is 1.71 bits per heavy atom. The van der Waals surface area contributed by atoms with E-state index in [1.807, 2.05) is 37.3 Å². The summed E-state index contributed by atoms with van der Waals surface area (Å²) in [5.74, 6) is 0.737. The van der Waals surface area contributed by atoms with Gasteiger partial charge in [0.05, 0.1) is 25.5 Å². The van der Waals surface area contributed by atoms with E-state index in [4.69, 9.17) is 9.47 Å². The Balaban J connectivity index is 1.75. The van der Waals surface area contributed by atoms with Crippen molar-refractivity contribution in [1.29, 1.82) is 0 Å². The highest BCUT2D eigenvalue weighted by Crippen LogP contribution is 2.28. The molecule has 2 aromatic carbocycles. The Kier molecular flexibility index (Phi) is 7.43. The molecule has 1 aromatic heterocycles. The molecule has 0 bridgehead atoms. The SMILES string of the molecule is CCOc1ccc(S(=O)(=O)NCCn2nc(-c3ccccc3)ccc2=O)c(OCC)c1. The van der Waals surface area contributed by atoms with E-state index in [1.54, 1.807) is 25.1 Å². The summed E-state index contributed by atoms with van der Waals surface area (Å²) < 4.78 is 40.3. The van der Waals surface area contributed by atoms with Crippen molar-refractivity contribution in [2.24, 2.45) is 0 Å². The van der Waals surface area contributed by atoms with Crippen molar-refractivity contribution >= 4 is 10.0 Å². The molecule has 164 valence electrons. The largest absolute Gasteiger partial charge is 0.494 e. The molecular formula is C22H25N3O5S. The molecule has 0 spiro atoms. The van der Waals surface area contributed by atoms with Gasteiger partial charge in [0.15, 0.2) is 0 Å². The maximum Gasteiger partial charge on any atom is 0.266 e. The predicted octanol–water partition coefficient (Wildman–Crippen LogP) is 2.69. The number of nitrogens with zero attached hydrogens (tertiary/aromatic N) is 2. The molecule has 9 heteroatoms. The summed E-state index contributed by atoms with van der Waals surface area (Å²) in [6.07, 6.45) is 0. The van der Waals surface area contributed by atoms with Gasteiger partial charge in [0.25, 0.3) is 5.56 Å². The molecule has 1 heterocycles. The van der Waals surface area contributed by atoms with Crippen molar-refractivity contribution in [2.45, 2.75) is 25.3 Å². The van der Waals surface area contributed by atoms with Crippen LogP contribution < -0.4 is 19.8 Å². The lowest BCUT2D eigenvalue weighted by atomic mass is 10.1. The van der Waals surface area contributed by atoms with Crippen LogP contribution in [0.1, 0.15) is 13.8 Å². The highest BCUT2D eigenvalue weighted by atomic mass is 32.2. The lowest BCUT2D eigenvalue weighted by Crippen LogP contribution is -2.32. The molecule has 31 heavy (non-hydrogen) atoms. The Bertz CT molecular complexity index is 1180. The van der Waals surface area contributed by atoms with Crippen LogP contribution in [0, 0.1) is 0 Å². The van der Waals surface area contributed by atoms with Crippen molar-refractivity contribution in [1.82, 2.24) is 14.5 Å². The molecule has 0 aliphatic heterocycles. The van der Waals surface area contributed by atoms with Crippen LogP contribution in [0.25, 0.3) is 11.3 Å². The number of aromatic nitrogens is 2. The average Bonchev–Trinajstić information content (AvgIpc) is 2.76. The van der Waals surface area contributed by atoms with Crippen molar-refractivity contribution in [3.63, 3.8) is 0 Å². The summed E-state index contributed by atoms with van der Waals surface area (Å²) in [6.45, 7) is 4.46. The Morgan fingerprint density at radius 3 is 2.42 bits per heavy atom. The molecule has 0 saturated carbocycles. The van der Waals surface area contributed by atoms with Gasteiger partial charge >= 0.3 is 0 Å². The second-order valence-corrected chi connectivity index (χ2v) is 8.25. The van der Waals surface area contributed by atoms with Gasteiger partial charge in [-0.2, -0.15) is 5.10 Å². The quantitative estimate of drug-likeness (QED) is 0.517. The maximum atomic E-state index is 12.8. The number of sulfonamides is 1. The molecule has 8 nitrogen and oxygen atoms in total. The minimum absolute atomic E-state index is 0.00768. The molecule has 1 N–H and O–H groups in total. The van der Waals surface area contributed by atoms with Crippen LogP contribution in [0.4, 0.5) is 0 Å². The normalized spacial score (nSPS) is 11.3. The topological polar surface area (TPSA) is 99.5 Å². The van der Waals surface area contributed by atoms with Crippen LogP contribution in [0.5, 0.6) is 11.5 Å². The smallest absolute Gasteiger partial charge is 0.266 e. The third-order valence-corrected chi connectivity index (χ3v) is 5.87. The van der Waals surface area contributed by atoms with Crippen LogP contribution in [-0.2, 0) is 16.6 Å². The van der Waals surface area contributed by atoms with Gasteiger partial charge in [-0.15, -0.1) is 0 Å². The van der Waals surface area contributed by atoms with Gasteiger partial charge in [-0.25, -0.2) is 17.8 Å². The van der Waals surface area contributed by atoms with Gasteiger partial charge in [0.1, 0.15) is 16.4 Å². The molecule has 0 aliphatic rings. The fraction of sp³-hybridized carbons (Fsp3) is 0.273. The molecule has 3 aromatic rings. The first-order chi connectivity index (χ1) is 14.9. The minimum atomic E-state index is -3.86. The Hall–Kier alpha value is -3.17. The zero-order valence-electron chi connectivity index (χ0n) is 17.4. The molecule has 0 amide bonds. The fourth-order valence-corrected chi connectivity index (χ4v) is 4.12. The lowest BCUT2D eigenvalue weighted by Gasteiger charge is -2.14. The van der Waals surface area contributed by atoms with E-state index >= 15 is 0 Å². The summed E-state index contributed by atoms with van der Waals surface area (Å²) in [6, 6.07) is 17.1. The van der Waals surface area contributed by atoms with Crippen molar-refractivity contribution < 1.29 is 17.9 Å². The van der Waals surface area contributed by atoms with E-state index in [1.165, 1.54) is 16.8 Å². The third-order valence-electron chi connectivity index (χ3n) is 4.37. The second kappa shape index (κ2) is 10.2. The minimum Gasteiger partial charge on any atom is -0.494 e. The van der Waals surface area contributed by atoms with Gasteiger partial charge in [0.2, 0.25) is 10.0 Å². The van der Waals surface area contributed by atoms with Crippen LogP contribution in [-0.4, -0.2) is 38.0 Å². The molecule has 3 rings (SSSR count). The van der Waals surface area contributed by atoms with E-state index in [0.29, 0.717) is 24.7 Å². The van der Waals surface area contributed by atoms with Crippen LogP contribution in [0.15, 0.2) is 70.4 Å². The van der Waals surface area contributed by atoms with Crippen LogP contribution in [0.2, 0.25) is 0 Å². The predicted molar refractivity (Wildman–Crippen MR) is 118 cm³/mol. The van der Waals surface area contributed by atoms with Crippen molar-refractivity contribution in [3.8, 4) is 22.8 Å². The molecule has 0 aliphatic carbocycles. The van der Waals surface area contributed by atoms with E-state index in [0.717, 1.165) is 5.56 Å². The van der Waals surface area contributed by atoms with E-state index in [9.17, 15) is 13.2 Å². The average molecular weight is 444 g/mol. The van der Waals surface area contributed by atoms with Gasteiger partial charge < -0.3 is 9.47 Å². The third kappa shape index (κ3) is 5.71. The number of rotatable bonds is 10. The molecule has 0 unspecified atom stereocenters. The van der Waals surface area contributed by atoms with Gasteiger partial charge in [-0.3, -0.25) is 4.79 Å². The highest BCUT2D eigenvalue weighted by molar-refractivity contribution is 7.89. The number of nitrogens with one attached hydrogen (secondary N) is 1. The summed E-state index contributed by atoms with van der Waals surface area (Å²) in [5.41, 5.74) is 1.19. The van der Waals surface area contributed by atoms with Crippen molar-refractivity contribution in [2.75, 3.05) is 19.8 Å². The van der Waals surface area contributed by atoms with Gasteiger partial charge in [-0.1, -0.05) is 30.3 Å². The molecule has 0 atom stereocenters. The summed E-state index contributed by atoms with van der Waals surface area (Å²) in [4.78, 5) is 12.2. The van der Waals surface area contributed by atoms with E-state index < -0.39 is 10.0 Å². The number of benzene rings is 2. The number of hydrogen-bond acceptors (Lipinski definition) is 6. The number of hydrogen-bond donors (Lipinski definition) is 1. The zero-order valence-corrected chi connectivity index (χ0v) is 18.3. The van der Waals surface area contributed by atoms with E-state index in [2.05, 4.69) is 9.82 Å². The first kappa shape index (κ1) is 22.5. The molecule has 0 saturated heterocycles. The Morgan fingerprint density at radius 1 is 0.968 bits per heavy atom. The maximum absolute atomic E-state index is 12.8. The van der Waals surface area contributed by atoms with E-state index in [-0.39, 0.29) is 29.3 Å². The lowest BCUT2D eigenvalue weighted by molar-refractivity contribution is 0.317. The monoisotopic (exact) mass is 443 g/mol. The molecular weight excluding hydrogens is 418 g/mol. The fourth-order valence-electron chi connectivity index (χ4n) is 2.97. The van der Waals surface area contributed by atoms with Gasteiger partial charge in [-0.05, 0) is 32.0 Å². The standard InChI is InChI=1S/C22H25N3O5S/c1-3-29-18-10-12-21(20(16-18)30-4-2)31(27,28)23-14-15-25-22(26)13-11-19(24-25)17-8-6-5-7-9-17/h5-13,16,23H,3-4,14-15H2,1-2H3. The molecule has 0 fully saturated rings.